The molecule has 0 unspecified atom stereocenters. The fourth-order valence-electron chi connectivity index (χ4n) is 7.38. The fourth-order valence-corrected chi connectivity index (χ4v) is 7.38. The van der Waals surface area contributed by atoms with Crippen molar-refractivity contribution in [3.63, 3.8) is 0 Å². The predicted octanol–water partition coefficient (Wildman–Crippen LogP) is 11.1. The van der Waals surface area contributed by atoms with Crippen molar-refractivity contribution in [3.05, 3.63) is 68.0 Å². The lowest BCUT2D eigenvalue weighted by Gasteiger charge is -2.31. The second-order valence-electron chi connectivity index (χ2n) is 15.5. The van der Waals surface area contributed by atoms with E-state index in [-0.39, 0.29) is 30.0 Å². The highest BCUT2D eigenvalue weighted by Crippen LogP contribution is 2.46. The molecule has 0 aliphatic carbocycles. The van der Waals surface area contributed by atoms with Gasteiger partial charge >= 0.3 is 5.69 Å². The zero-order valence-corrected chi connectivity index (χ0v) is 33.0. The molecule has 0 radical (unpaired) electrons. The average molecular weight is 697 g/mol. The molecule has 3 heterocycles. The molecule has 1 aromatic heterocycles. The molecule has 284 valence electrons. The zero-order chi connectivity index (χ0) is 36.4. The van der Waals surface area contributed by atoms with Crippen LogP contribution >= 0.6 is 0 Å². The van der Waals surface area contributed by atoms with Gasteiger partial charge in [0.25, 0.3) is 5.56 Å². The Morgan fingerprint density at radius 3 is 1.82 bits per heavy atom. The first-order valence-corrected chi connectivity index (χ1v) is 20.4. The van der Waals surface area contributed by atoms with E-state index < -0.39 is 18.1 Å². The van der Waals surface area contributed by atoms with E-state index in [1.807, 2.05) is 13.0 Å². The maximum atomic E-state index is 13.8. The largest absolute Gasteiger partial charge is 0.349 e. The van der Waals surface area contributed by atoms with E-state index in [1.165, 1.54) is 104 Å². The molecule has 0 saturated carbocycles. The highest BCUT2D eigenvalue weighted by molar-refractivity contribution is 5.06. The Morgan fingerprint density at radius 2 is 1.24 bits per heavy atom. The number of unbranched alkanes of at least 4 members (excludes halogenated alkanes) is 12. The molecule has 1 aromatic rings. The van der Waals surface area contributed by atoms with E-state index in [4.69, 9.17) is 14.2 Å². The molecular formula is C43H72N2O5. The first-order chi connectivity index (χ1) is 24.1. The molecule has 0 aromatic carbocycles. The van der Waals surface area contributed by atoms with Crippen molar-refractivity contribution >= 4 is 0 Å². The molecule has 7 heteroatoms. The standard InChI is InChI=1S/C43H72N2O5/c1-8-10-12-14-16-18-20-30-43(31-21-19-17-15-13-11-9-2)49-39-37(7)48-41(40(39)50-43)45-33-29-38(46)44(42(45)47)32-28-36(6)27-23-26-35(5)25-22-24-34(3)4/h24,26,28-29,33,37,39-41H,8-23,25,27,30-32H2,1-7H3/b35-26+,36-28+/t37-,39-,40-,41-/m1/s1. The minimum Gasteiger partial charge on any atom is -0.349 e. The van der Waals surface area contributed by atoms with Crippen LogP contribution < -0.4 is 11.2 Å². The number of rotatable bonds is 25. The van der Waals surface area contributed by atoms with Crippen molar-refractivity contribution in [1.29, 1.82) is 0 Å². The Bertz CT molecular complexity index is 1320. The summed E-state index contributed by atoms with van der Waals surface area (Å²) in [4.78, 5) is 26.8. The highest BCUT2D eigenvalue weighted by Gasteiger charge is 2.57. The van der Waals surface area contributed by atoms with Crippen molar-refractivity contribution in [2.75, 3.05) is 0 Å². The van der Waals surface area contributed by atoms with Gasteiger partial charge in [0.05, 0.1) is 6.10 Å². The van der Waals surface area contributed by atoms with Crippen LogP contribution in [0.4, 0.5) is 0 Å². The SMILES string of the molecule is CCCCCCCCCC1(CCCCCCCCC)O[C@@H]2[C@H](O1)[C@@H](C)O[C@H]2n1ccc(=O)n(C/C=C(\C)CC/C=C(\C)CCC=C(C)C)c1=O. The van der Waals surface area contributed by atoms with Gasteiger partial charge in [-0.1, -0.05) is 126 Å². The molecule has 2 aliphatic heterocycles. The van der Waals surface area contributed by atoms with E-state index in [0.717, 1.165) is 51.4 Å². The normalized spacial score (nSPS) is 21.9. The molecule has 0 spiro atoms. The van der Waals surface area contributed by atoms with Gasteiger partial charge in [-0.15, -0.1) is 0 Å². The van der Waals surface area contributed by atoms with Crippen LogP contribution in [0.3, 0.4) is 0 Å². The lowest BCUT2D eigenvalue weighted by molar-refractivity contribution is -0.224. The second-order valence-corrected chi connectivity index (χ2v) is 15.5. The van der Waals surface area contributed by atoms with Gasteiger partial charge in [0.15, 0.2) is 12.0 Å². The molecule has 4 atom stereocenters. The first-order valence-electron chi connectivity index (χ1n) is 20.4. The second kappa shape index (κ2) is 22.7. The Hall–Kier alpha value is -2.22. The van der Waals surface area contributed by atoms with Gasteiger partial charge < -0.3 is 14.2 Å². The van der Waals surface area contributed by atoms with Crippen molar-refractivity contribution in [3.8, 4) is 0 Å². The summed E-state index contributed by atoms with van der Waals surface area (Å²) in [5, 5.41) is 0. The molecule has 0 N–H and O–H groups in total. The van der Waals surface area contributed by atoms with E-state index in [2.05, 4.69) is 53.7 Å². The number of hydrogen-bond donors (Lipinski definition) is 0. The molecule has 7 nitrogen and oxygen atoms in total. The van der Waals surface area contributed by atoms with Crippen LogP contribution in [0.5, 0.6) is 0 Å². The third kappa shape index (κ3) is 13.7. The van der Waals surface area contributed by atoms with Gasteiger partial charge in [0.1, 0.15) is 12.2 Å². The van der Waals surface area contributed by atoms with Crippen LogP contribution in [-0.4, -0.2) is 33.2 Å². The number of fused-ring (bicyclic) bond motifs is 1. The van der Waals surface area contributed by atoms with Crippen LogP contribution in [0.25, 0.3) is 0 Å². The molecule has 50 heavy (non-hydrogen) atoms. The maximum absolute atomic E-state index is 13.8. The van der Waals surface area contributed by atoms with Crippen LogP contribution in [-0.2, 0) is 20.8 Å². The summed E-state index contributed by atoms with van der Waals surface area (Å²) in [6.45, 7) is 15.3. The molecule has 2 fully saturated rings. The number of allylic oxidation sites excluding steroid dienone is 6. The smallest absolute Gasteiger partial charge is 0.333 e. The summed E-state index contributed by atoms with van der Waals surface area (Å²) in [6.07, 6.45) is 29.8. The van der Waals surface area contributed by atoms with Crippen molar-refractivity contribution in [2.24, 2.45) is 0 Å². The molecule has 0 bridgehead atoms. The first kappa shape index (κ1) is 42.2. The summed E-state index contributed by atoms with van der Waals surface area (Å²) < 4.78 is 23.0. The average Bonchev–Trinajstić information content (AvgIpc) is 3.59. The summed E-state index contributed by atoms with van der Waals surface area (Å²) in [5.41, 5.74) is 3.25. The maximum Gasteiger partial charge on any atom is 0.333 e. The molecular weight excluding hydrogens is 624 g/mol. The van der Waals surface area contributed by atoms with Gasteiger partial charge in [-0.2, -0.15) is 0 Å². The zero-order valence-electron chi connectivity index (χ0n) is 33.0. The number of aromatic nitrogens is 2. The minimum atomic E-state index is -0.644. The van der Waals surface area contributed by atoms with Crippen LogP contribution in [0.2, 0.25) is 0 Å². The van der Waals surface area contributed by atoms with Crippen LogP contribution in [0, 0.1) is 0 Å². The van der Waals surface area contributed by atoms with E-state index in [9.17, 15) is 9.59 Å². The Kier molecular flexibility index (Phi) is 19.1. The molecule has 2 saturated heterocycles. The topological polar surface area (TPSA) is 71.7 Å². The van der Waals surface area contributed by atoms with Gasteiger partial charge in [-0.3, -0.25) is 13.9 Å². The van der Waals surface area contributed by atoms with Gasteiger partial charge in [0, 0.05) is 31.6 Å². The Labute approximate surface area is 304 Å². The van der Waals surface area contributed by atoms with E-state index >= 15 is 0 Å². The summed E-state index contributed by atoms with van der Waals surface area (Å²) in [5.74, 6) is -0.644. The highest BCUT2D eigenvalue weighted by atomic mass is 16.8. The van der Waals surface area contributed by atoms with E-state index in [0.29, 0.717) is 0 Å². The number of ether oxygens (including phenoxy) is 3. The lowest BCUT2D eigenvalue weighted by Crippen LogP contribution is -2.43. The van der Waals surface area contributed by atoms with Gasteiger partial charge in [-0.05, 0) is 73.1 Å². The van der Waals surface area contributed by atoms with Gasteiger partial charge in [-0.25, -0.2) is 4.79 Å². The molecule has 0 amide bonds. The van der Waals surface area contributed by atoms with E-state index in [1.54, 1.807) is 10.8 Å². The summed E-state index contributed by atoms with van der Waals surface area (Å²) in [7, 11) is 0. The quantitative estimate of drug-likeness (QED) is 0.0751. The third-order valence-corrected chi connectivity index (χ3v) is 10.6. The van der Waals surface area contributed by atoms with Crippen molar-refractivity contribution in [1.82, 2.24) is 9.13 Å². The van der Waals surface area contributed by atoms with Crippen molar-refractivity contribution in [2.45, 2.75) is 214 Å². The summed E-state index contributed by atoms with van der Waals surface area (Å²) >= 11 is 0. The van der Waals surface area contributed by atoms with Crippen LogP contribution in [0.1, 0.15) is 183 Å². The predicted molar refractivity (Wildman–Crippen MR) is 208 cm³/mol. The number of hydrogen-bond acceptors (Lipinski definition) is 5. The van der Waals surface area contributed by atoms with Gasteiger partial charge in [0.2, 0.25) is 0 Å². The summed E-state index contributed by atoms with van der Waals surface area (Å²) in [6, 6.07) is 1.48. The third-order valence-electron chi connectivity index (χ3n) is 10.6. The van der Waals surface area contributed by atoms with Crippen molar-refractivity contribution < 1.29 is 14.2 Å². The lowest BCUT2D eigenvalue weighted by atomic mass is 9.98. The minimum absolute atomic E-state index is 0.220. The molecule has 2 aliphatic rings. The fraction of sp³-hybridized carbons (Fsp3) is 0.767. The Balaban J connectivity index is 1.68. The molecule has 3 rings (SSSR count). The Morgan fingerprint density at radius 1 is 0.720 bits per heavy atom. The number of nitrogens with zero attached hydrogens (tertiary/aromatic N) is 2. The van der Waals surface area contributed by atoms with Crippen LogP contribution in [0.15, 0.2) is 56.8 Å². The monoisotopic (exact) mass is 697 g/mol.